The Bertz CT molecular complexity index is 620. The summed E-state index contributed by atoms with van der Waals surface area (Å²) in [4.78, 5) is 3.71. The second kappa shape index (κ2) is 5.46. The molecule has 0 fully saturated rings. The van der Waals surface area contributed by atoms with Crippen molar-refractivity contribution in [1.82, 2.24) is 14.8 Å². The maximum absolute atomic E-state index is 13.5. The van der Waals surface area contributed by atoms with Gasteiger partial charge in [0, 0.05) is 0 Å². The molecule has 98 valence electrons. The van der Waals surface area contributed by atoms with E-state index in [4.69, 9.17) is 10.00 Å². The van der Waals surface area contributed by atoms with Gasteiger partial charge in [0.15, 0.2) is 11.6 Å². The molecule has 2 rings (SSSR count). The number of hydrogen-bond acceptors (Lipinski definition) is 5. The standard InChI is InChI=1S/C12H11FN4O2/c1-19-11-3-2-8(4-9(11)13)10(18)6-17-7-15-12(5-14)16-17/h2-4,7,10,18H,6H2,1H3. The number of benzene rings is 1. The number of aliphatic hydroxyl groups excluding tert-OH is 1. The molecule has 0 aliphatic heterocycles. The van der Waals surface area contributed by atoms with Crippen LogP contribution in [0.25, 0.3) is 0 Å². The molecule has 6 nitrogen and oxygen atoms in total. The summed E-state index contributed by atoms with van der Waals surface area (Å²) in [5, 5.41) is 22.4. The van der Waals surface area contributed by atoms with E-state index in [9.17, 15) is 9.50 Å². The van der Waals surface area contributed by atoms with Gasteiger partial charge >= 0.3 is 0 Å². The number of aromatic nitrogens is 3. The molecule has 0 amide bonds. The summed E-state index contributed by atoms with van der Waals surface area (Å²) in [5.74, 6) is -0.410. The van der Waals surface area contributed by atoms with Crippen molar-refractivity contribution in [2.75, 3.05) is 7.11 Å². The van der Waals surface area contributed by atoms with Crippen LogP contribution in [0.5, 0.6) is 5.75 Å². The van der Waals surface area contributed by atoms with Gasteiger partial charge in [0.1, 0.15) is 12.4 Å². The molecule has 0 saturated carbocycles. The number of aliphatic hydroxyl groups is 1. The molecule has 1 unspecified atom stereocenters. The first-order chi connectivity index (χ1) is 9.13. The molecule has 1 aromatic carbocycles. The third-order valence-electron chi connectivity index (χ3n) is 2.56. The van der Waals surface area contributed by atoms with Gasteiger partial charge in [-0.15, -0.1) is 5.10 Å². The predicted octanol–water partition coefficient (Wildman–Crippen LogP) is 1.03. The summed E-state index contributed by atoms with van der Waals surface area (Å²) in [6.07, 6.45) is 0.385. The minimum absolute atomic E-state index is 0.0214. The van der Waals surface area contributed by atoms with Gasteiger partial charge in [-0.25, -0.2) is 14.1 Å². The van der Waals surface area contributed by atoms with Crippen molar-refractivity contribution in [3.05, 3.63) is 41.7 Å². The topological polar surface area (TPSA) is 84.0 Å². The van der Waals surface area contributed by atoms with E-state index in [0.29, 0.717) is 5.56 Å². The molecule has 0 aliphatic rings. The van der Waals surface area contributed by atoms with Crippen molar-refractivity contribution >= 4 is 0 Å². The summed E-state index contributed by atoms with van der Waals surface area (Å²) < 4.78 is 19.6. The fourth-order valence-corrected chi connectivity index (χ4v) is 1.61. The lowest BCUT2D eigenvalue weighted by molar-refractivity contribution is 0.151. The Morgan fingerprint density at radius 2 is 2.37 bits per heavy atom. The van der Waals surface area contributed by atoms with Gasteiger partial charge in [-0.3, -0.25) is 0 Å². The molecule has 0 bridgehead atoms. The Morgan fingerprint density at radius 3 is 2.95 bits per heavy atom. The number of rotatable bonds is 4. The molecule has 1 aromatic heterocycles. The zero-order chi connectivity index (χ0) is 13.8. The average molecular weight is 262 g/mol. The van der Waals surface area contributed by atoms with Gasteiger partial charge in [-0.2, -0.15) is 5.26 Å². The maximum atomic E-state index is 13.5. The van der Waals surface area contributed by atoms with Crippen LogP contribution in [0.4, 0.5) is 4.39 Å². The highest BCUT2D eigenvalue weighted by Gasteiger charge is 2.13. The first kappa shape index (κ1) is 13.0. The van der Waals surface area contributed by atoms with E-state index in [2.05, 4.69) is 10.1 Å². The van der Waals surface area contributed by atoms with E-state index < -0.39 is 11.9 Å². The second-order valence-electron chi connectivity index (χ2n) is 3.81. The normalized spacial score (nSPS) is 11.9. The van der Waals surface area contributed by atoms with Gasteiger partial charge in [0.05, 0.1) is 19.8 Å². The number of nitriles is 1. The van der Waals surface area contributed by atoms with E-state index >= 15 is 0 Å². The Labute approximate surface area is 108 Å². The van der Waals surface area contributed by atoms with Gasteiger partial charge in [-0.05, 0) is 17.7 Å². The summed E-state index contributed by atoms with van der Waals surface area (Å²) in [6, 6.07) is 5.99. The van der Waals surface area contributed by atoms with Crippen LogP contribution >= 0.6 is 0 Å². The highest BCUT2D eigenvalue weighted by molar-refractivity contribution is 5.30. The fourth-order valence-electron chi connectivity index (χ4n) is 1.61. The Hall–Kier alpha value is -2.46. The van der Waals surface area contributed by atoms with Crippen LogP contribution in [0.2, 0.25) is 0 Å². The fraction of sp³-hybridized carbons (Fsp3) is 0.250. The number of hydrogen-bond donors (Lipinski definition) is 1. The van der Waals surface area contributed by atoms with Crippen LogP contribution in [0.1, 0.15) is 17.5 Å². The molecular weight excluding hydrogens is 251 g/mol. The van der Waals surface area contributed by atoms with Crippen LogP contribution < -0.4 is 4.74 Å². The van der Waals surface area contributed by atoms with E-state index in [1.165, 1.54) is 30.3 Å². The van der Waals surface area contributed by atoms with Crippen molar-refractivity contribution in [2.45, 2.75) is 12.6 Å². The first-order valence-corrected chi connectivity index (χ1v) is 5.45. The minimum atomic E-state index is -0.950. The lowest BCUT2D eigenvalue weighted by Crippen LogP contribution is -2.09. The molecule has 1 N–H and O–H groups in total. The lowest BCUT2D eigenvalue weighted by atomic mass is 10.1. The van der Waals surface area contributed by atoms with Crippen LogP contribution in [0.3, 0.4) is 0 Å². The van der Waals surface area contributed by atoms with Gasteiger partial charge < -0.3 is 9.84 Å². The summed E-state index contributed by atoms with van der Waals surface area (Å²) in [7, 11) is 1.37. The zero-order valence-corrected chi connectivity index (χ0v) is 10.1. The van der Waals surface area contributed by atoms with Gasteiger partial charge in [-0.1, -0.05) is 6.07 Å². The van der Waals surface area contributed by atoms with Gasteiger partial charge in [0.25, 0.3) is 5.82 Å². The summed E-state index contributed by atoms with van der Waals surface area (Å²) in [5.41, 5.74) is 0.396. The number of halogens is 1. The second-order valence-corrected chi connectivity index (χ2v) is 3.81. The third-order valence-corrected chi connectivity index (χ3v) is 2.56. The maximum Gasteiger partial charge on any atom is 0.252 e. The predicted molar refractivity (Wildman–Crippen MR) is 62.6 cm³/mol. The molecule has 0 aliphatic carbocycles. The SMILES string of the molecule is COc1ccc(C(O)Cn2cnc(C#N)n2)cc1F. The van der Waals surface area contributed by atoms with Crippen molar-refractivity contribution in [3.8, 4) is 11.8 Å². The largest absolute Gasteiger partial charge is 0.494 e. The molecule has 0 spiro atoms. The monoisotopic (exact) mass is 262 g/mol. The van der Waals surface area contributed by atoms with Crippen molar-refractivity contribution < 1.29 is 14.2 Å². The first-order valence-electron chi connectivity index (χ1n) is 5.45. The molecule has 2 aromatic rings. The number of nitrogens with zero attached hydrogens (tertiary/aromatic N) is 4. The van der Waals surface area contributed by atoms with Crippen molar-refractivity contribution in [1.29, 1.82) is 5.26 Å². The third kappa shape index (κ3) is 2.86. The Morgan fingerprint density at radius 1 is 1.58 bits per heavy atom. The van der Waals surface area contributed by atoms with Crippen LogP contribution in [0, 0.1) is 17.1 Å². The number of ether oxygens (including phenoxy) is 1. The van der Waals surface area contributed by atoms with Crippen molar-refractivity contribution in [2.24, 2.45) is 0 Å². The smallest absolute Gasteiger partial charge is 0.252 e. The molecule has 1 heterocycles. The minimum Gasteiger partial charge on any atom is -0.494 e. The lowest BCUT2D eigenvalue weighted by Gasteiger charge is -2.11. The highest BCUT2D eigenvalue weighted by atomic mass is 19.1. The van der Waals surface area contributed by atoms with E-state index in [-0.39, 0.29) is 18.1 Å². The van der Waals surface area contributed by atoms with E-state index in [1.807, 2.05) is 0 Å². The summed E-state index contributed by atoms with van der Waals surface area (Å²) in [6.45, 7) is 0.0838. The molecule has 0 radical (unpaired) electrons. The van der Waals surface area contributed by atoms with E-state index in [1.54, 1.807) is 12.1 Å². The Balaban J connectivity index is 2.13. The molecule has 7 heteroatoms. The van der Waals surface area contributed by atoms with Crippen LogP contribution in [-0.4, -0.2) is 27.0 Å². The number of methoxy groups -OCH3 is 1. The van der Waals surface area contributed by atoms with Crippen LogP contribution in [0.15, 0.2) is 24.5 Å². The highest BCUT2D eigenvalue weighted by Crippen LogP contribution is 2.22. The summed E-state index contributed by atoms with van der Waals surface area (Å²) >= 11 is 0. The zero-order valence-electron chi connectivity index (χ0n) is 10.1. The molecule has 0 saturated heterocycles. The molecule has 19 heavy (non-hydrogen) atoms. The quantitative estimate of drug-likeness (QED) is 0.889. The van der Waals surface area contributed by atoms with Gasteiger partial charge in [0.2, 0.25) is 0 Å². The van der Waals surface area contributed by atoms with E-state index in [0.717, 1.165) is 0 Å². The Kier molecular flexibility index (Phi) is 3.73. The molecular formula is C12H11FN4O2. The van der Waals surface area contributed by atoms with Crippen LogP contribution in [-0.2, 0) is 6.54 Å². The average Bonchev–Trinajstić information content (AvgIpc) is 2.86. The molecule has 1 atom stereocenters. The van der Waals surface area contributed by atoms with Crippen molar-refractivity contribution in [3.63, 3.8) is 0 Å².